The highest BCUT2D eigenvalue weighted by Crippen LogP contribution is 2.29. The van der Waals surface area contributed by atoms with Crippen LogP contribution in [0.4, 0.5) is 5.69 Å². The predicted molar refractivity (Wildman–Crippen MR) is 81.2 cm³/mol. The second-order valence-corrected chi connectivity index (χ2v) is 4.71. The zero-order valence-corrected chi connectivity index (χ0v) is 11.8. The summed E-state index contributed by atoms with van der Waals surface area (Å²) < 4.78 is 5.83. The summed E-state index contributed by atoms with van der Waals surface area (Å²) in [4.78, 5) is 11.7. The molecule has 0 aromatic heterocycles. The Morgan fingerprint density at radius 1 is 1.10 bits per heavy atom. The number of amides is 1. The van der Waals surface area contributed by atoms with Gasteiger partial charge in [-0.1, -0.05) is 36.8 Å². The highest BCUT2D eigenvalue weighted by Gasteiger charge is 2.07. The number of carbonyl (C=O) groups is 1. The van der Waals surface area contributed by atoms with E-state index in [2.05, 4.69) is 5.32 Å². The van der Waals surface area contributed by atoms with Gasteiger partial charge in [-0.2, -0.15) is 0 Å². The third-order valence-electron chi connectivity index (χ3n) is 2.89. The molecule has 2 aromatic rings. The van der Waals surface area contributed by atoms with E-state index in [0.717, 1.165) is 12.2 Å². The first-order valence-electron chi connectivity index (χ1n) is 6.82. The Morgan fingerprint density at radius 2 is 1.80 bits per heavy atom. The Kier molecular flexibility index (Phi) is 4.77. The molecule has 2 aromatic carbocycles. The third kappa shape index (κ3) is 3.85. The second kappa shape index (κ2) is 6.75. The van der Waals surface area contributed by atoms with Gasteiger partial charge in [0, 0.05) is 6.42 Å². The number of rotatable bonds is 5. The van der Waals surface area contributed by atoms with E-state index in [1.807, 2.05) is 62.4 Å². The zero-order chi connectivity index (χ0) is 14.4. The average molecular weight is 269 g/mol. The van der Waals surface area contributed by atoms with Crippen molar-refractivity contribution < 1.29 is 9.53 Å². The van der Waals surface area contributed by atoms with Crippen LogP contribution in [0.3, 0.4) is 0 Å². The molecule has 0 bridgehead atoms. The van der Waals surface area contributed by atoms with Crippen LogP contribution in [-0.2, 0) is 4.79 Å². The molecule has 1 amide bonds. The SMILES string of the molecule is CCCC(=O)Nc1ccccc1Oc1ccc(C)cc1. The Labute approximate surface area is 119 Å². The van der Waals surface area contributed by atoms with Crippen LogP contribution in [0, 0.1) is 6.92 Å². The molecule has 0 atom stereocenters. The van der Waals surface area contributed by atoms with E-state index in [1.165, 1.54) is 5.56 Å². The van der Waals surface area contributed by atoms with Gasteiger partial charge in [0.05, 0.1) is 5.69 Å². The van der Waals surface area contributed by atoms with Crippen LogP contribution in [0.15, 0.2) is 48.5 Å². The molecule has 20 heavy (non-hydrogen) atoms. The van der Waals surface area contributed by atoms with Crippen molar-refractivity contribution in [2.75, 3.05) is 5.32 Å². The molecule has 0 radical (unpaired) electrons. The van der Waals surface area contributed by atoms with Gasteiger partial charge in [0.1, 0.15) is 5.75 Å². The Hall–Kier alpha value is -2.29. The molecular weight excluding hydrogens is 250 g/mol. The standard InChI is InChI=1S/C17H19NO2/c1-3-6-17(19)18-15-7-4-5-8-16(15)20-14-11-9-13(2)10-12-14/h4-5,7-12H,3,6H2,1-2H3,(H,18,19). The van der Waals surface area contributed by atoms with Gasteiger partial charge in [0.25, 0.3) is 0 Å². The van der Waals surface area contributed by atoms with Crippen LogP contribution in [0.25, 0.3) is 0 Å². The summed E-state index contributed by atoms with van der Waals surface area (Å²) in [5, 5.41) is 2.88. The highest BCUT2D eigenvalue weighted by atomic mass is 16.5. The lowest BCUT2D eigenvalue weighted by Gasteiger charge is -2.12. The minimum atomic E-state index is 0.00690. The van der Waals surface area contributed by atoms with E-state index in [4.69, 9.17) is 4.74 Å². The fraction of sp³-hybridized carbons (Fsp3) is 0.235. The molecule has 0 spiro atoms. The number of hydrogen-bond donors (Lipinski definition) is 1. The third-order valence-corrected chi connectivity index (χ3v) is 2.89. The molecule has 1 N–H and O–H groups in total. The van der Waals surface area contributed by atoms with Crippen molar-refractivity contribution in [1.29, 1.82) is 0 Å². The molecule has 0 heterocycles. The summed E-state index contributed by atoms with van der Waals surface area (Å²) in [5.41, 5.74) is 1.88. The van der Waals surface area contributed by atoms with Gasteiger partial charge < -0.3 is 10.1 Å². The molecule has 3 heteroatoms. The number of hydrogen-bond acceptors (Lipinski definition) is 2. The normalized spacial score (nSPS) is 10.1. The number of ether oxygens (including phenoxy) is 1. The van der Waals surface area contributed by atoms with Gasteiger partial charge in [-0.3, -0.25) is 4.79 Å². The zero-order valence-electron chi connectivity index (χ0n) is 11.8. The first-order chi connectivity index (χ1) is 9.69. The summed E-state index contributed by atoms with van der Waals surface area (Å²) in [6.07, 6.45) is 1.34. The van der Waals surface area contributed by atoms with Gasteiger partial charge in [-0.05, 0) is 37.6 Å². The van der Waals surface area contributed by atoms with Crippen molar-refractivity contribution >= 4 is 11.6 Å². The van der Waals surface area contributed by atoms with Crippen molar-refractivity contribution in [1.82, 2.24) is 0 Å². The van der Waals surface area contributed by atoms with Crippen molar-refractivity contribution in [3.63, 3.8) is 0 Å². The topological polar surface area (TPSA) is 38.3 Å². The molecule has 0 aliphatic rings. The average Bonchev–Trinajstić information content (AvgIpc) is 2.44. The van der Waals surface area contributed by atoms with E-state index in [-0.39, 0.29) is 5.91 Å². The summed E-state index contributed by atoms with van der Waals surface area (Å²) in [6.45, 7) is 4.01. The van der Waals surface area contributed by atoms with Gasteiger partial charge in [-0.15, -0.1) is 0 Å². The first kappa shape index (κ1) is 14.1. The Morgan fingerprint density at radius 3 is 2.50 bits per heavy atom. The lowest BCUT2D eigenvalue weighted by atomic mass is 10.2. The largest absolute Gasteiger partial charge is 0.455 e. The Balaban J connectivity index is 2.15. The monoisotopic (exact) mass is 269 g/mol. The molecule has 0 saturated heterocycles. The van der Waals surface area contributed by atoms with Gasteiger partial charge in [-0.25, -0.2) is 0 Å². The summed E-state index contributed by atoms with van der Waals surface area (Å²) in [6, 6.07) is 15.3. The molecule has 0 fully saturated rings. The number of benzene rings is 2. The molecular formula is C17H19NO2. The van der Waals surface area contributed by atoms with Crippen molar-refractivity contribution in [3.8, 4) is 11.5 Å². The number of carbonyl (C=O) groups excluding carboxylic acids is 1. The number of anilines is 1. The quantitative estimate of drug-likeness (QED) is 0.866. The molecule has 104 valence electrons. The first-order valence-corrected chi connectivity index (χ1v) is 6.82. The smallest absolute Gasteiger partial charge is 0.224 e. The number of aryl methyl sites for hydroxylation is 1. The lowest BCUT2D eigenvalue weighted by Crippen LogP contribution is -2.11. The number of nitrogens with one attached hydrogen (secondary N) is 1. The Bertz CT molecular complexity index is 576. The lowest BCUT2D eigenvalue weighted by molar-refractivity contribution is -0.116. The maximum Gasteiger partial charge on any atom is 0.224 e. The fourth-order valence-electron chi connectivity index (χ4n) is 1.83. The van der Waals surface area contributed by atoms with Crippen molar-refractivity contribution in [2.24, 2.45) is 0 Å². The van der Waals surface area contributed by atoms with Crippen LogP contribution in [0.1, 0.15) is 25.3 Å². The minimum Gasteiger partial charge on any atom is -0.455 e. The molecule has 0 aliphatic carbocycles. The summed E-state index contributed by atoms with van der Waals surface area (Å²) in [7, 11) is 0. The molecule has 0 saturated carbocycles. The van der Waals surface area contributed by atoms with Crippen LogP contribution >= 0.6 is 0 Å². The van der Waals surface area contributed by atoms with E-state index < -0.39 is 0 Å². The van der Waals surface area contributed by atoms with Crippen molar-refractivity contribution in [3.05, 3.63) is 54.1 Å². The summed E-state index contributed by atoms with van der Waals surface area (Å²) in [5.74, 6) is 1.42. The number of para-hydroxylation sites is 2. The van der Waals surface area contributed by atoms with Crippen LogP contribution in [0.5, 0.6) is 11.5 Å². The van der Waals surface area contributed by atoms with E-state index >= 15 is 0 Å². The van der Waals surface area contributed by atoms with Crippen LogP contribution < -0.4 is 10.1 Å². The van der Waals surface area contributed by atoms with Crippen LogP contribution in [0.2, 0.25) is 0 Å². The summed E-state index contributed by atoms with van der Waals surface area (Å²) >= 11 is 0. The van der Waals surface area contributed by atoms with Gasteiger partial charge in [0.2, 0.25) is 5.91 Å². The van der Waals surface area contributed by atoms with Crippen molar-refractivity contribution in [2.45, 2.75) is 26.7 Å². The maximum atomic E-state index is 11.7. The predicted octanol–water partition coefficient (Wildman–Crippen LogP) is 4.53. The molecule has 3 nitrogen and oxygen atoms in total. The maximum absolute atomic E-state index is 11.7. The van der Waals surface area contributed by atoms with E-state index in [9.17, 15) is 4.79 Å². The second-order valence-electron chi connectivity index (χ2n) is 4.71. The molecule has 0 unspecified atom stereocenters. The van der Waals surface area contributed by atoms with Crippen LogP contribution in [-0.4, -0.2) is 5.91 Å². The highest BCUT2D eigenvalue weighted by molar-refractivity contribution is 5.92. The molecule has 2 rings (SSSR count). The van der Waals surface area contributed by atoms with Gasteiger partial charge in [0.15, 0.2) is 5.75 Å². The molecule has 0 aliphatic heterocycles. The van der Waals surface area contributed by atoms with E-state index in [0.29, 0.717) is 17.9 Å². The van der Waals surface area contributed by atoms with Gasteiger partial charge >= 0.3 is 0 Å². The fourth-order valence-corrected chi connectivity index (χ4v) is 1.83. The minimum absolute atomic E-state index is 0.00690. The van der Waals surface area contributed by atoms with E-state index in [1.54, 1.807) is 0 Å².